The van der Waals surface area contributed by atoms with Crippen molar-refractivity contribution in [3.63, 3.8) is 0 Å². The first-order valence-electron chi connectivity index (χ1n) is 10.6. The molecule has 1 aliphatic heterocycles. The van der Waals surface area contributed by atoms with Crippen LogP contribution in [0.2, 0.25) is 5.02 Å². The lowest BCUT2D eigenvalue weighted by Crippen LogP contribution is -2.32. The van der Waals surface area contributed by atoms with Crippen molar-refractivity contribution in [1.82, 2.24) is 0 Å². The van der Waals surface area contributed by atoms with E-state index < -0.39 is 18.5 Å². The van der Waals surface area contributed by atoms with Crippen molar-refractivity contribution in [2.75, 3.05) is 16.8 Å². The Bertz CT molecular complexity index is 1090. The number of benzene rings is 2. The van der Waals surface area contributed by atoms with Gasteiger partial charge in [-0.05, 0) is 67.5 Å². The number of nitrogens with one attached hydrogen (secondary N) is 1. The summed E-state index contributed by atoms with van der Waals surface area (Å²) < 4.78 is 5.07. The second-order valence-corrected chi connectivity index (χ2v) is 8.95. The number of ether oxygens (including phenoxy) is 1. The van der Waals surface area contributed by atoms with Crippen LogP contribution in [0.5, 0.6) is 0 Å². The highest BCUT2D eigenvalue weighted by Gasteiger charge is 2.61. The second-order valence-electron chi connectivity index (χ2n) is 8.55. The van der Waals surface area contributed by atoms with Gasteiger partial charge in [0.05, 0.1) is 33.8 Å². The molecule has 2 saturated carbocycles. The number of hydrogen-bond acceptors (Lipinski definition) is 5. The van der Waals surface area contributed by atoms with Crippen LogP contribution in [0.1, 0.15) is 29.6 Å². The number of carbonyl (C=O) groups excluding carboxylic acids is 4. The quantitative estimate of drug-likeness (QED) is 0.552. The molecule has 2 aromatic carbocycles. The minimum absolute atomic E-state index is 0.126. The normalized spacial score (nSPS) is 25.7. The van der Waals surface area contributed by atoms with E-state index in [9.17, 15) is 19.2 Å². The molecule has 3 fully saturated rings. The molecule has 1 N–H and O–H groups in total. The predicted octanol–water partition coefficient (Wildman–Crippen LogP) is 3.67. The van der Waals surface area contributed by atoms with Crippen molar-refractivity contribution in [3.8, 4) is 0 Å². The number of hydrogen-bond donors (Lipinski definition) is 1. The van der Waals surface area contributed by atoms with Crippen molar-refractivity contribution in [2.45, 2.75) is 19.3 Å². The van der Waals surface area contributed by atoms with Gasteiger partial charge in [-0.3, -0.25) is 19.3 Å². The SMILES string of the molecule is O=C(COC(=O)c1ccc(N2C(=O)[C@H]3[C@H]4CC[C@@H](C4)[C@@H]3C2=O)cc1)Nc1ccccc1Cl. The van der Waals surface area contributed by atoms with E-state index >= 15 is 0 Å². The summed E-state index contributed by atoms with van der Waals surface area (Å²) in [5.41, 5.74) is 1.11. The number of fused-ring (bicyclic) bond motifs is 5. The zero-order valence-electron chi connectivity index (χ0n) is 17.1. The number of para-hydroxylation sites is 1. The molecule has 2 bridgehead atoms. The summed E-state index contributed by atoms with van der Waals surface area (Å²) in [7, 11) is 0. The van der Waals surface area contributed by atoms with E-state index in [0.717, 1.165) is 19.3 Å². The van der Waals surface area contributed by atoms with Crippen LogP contribution in [0.25, 0.3) is 0 Å². The molecule has 3 amide bonds. The molecule has 1 saturated heterocycles. The highest BCUT2D eigenvalue weighted by molar-refractivity contribution is 6.33. The van der Waals surface area contributed by atoms with E-state index in [4.69, 9.17) is 16.3 Å². The highest BCUT2D eigenvalue weighted by Crippen LogP contribution is 2.56. The van der Waals surface area contributed by atoms with Gasteiger partial charge in [0.15, 0.2) is 6.61 Å². The molecule has 2 aromatic rings. The maximum atomic E-state index is 12.9. The molecule has 5 rings (SSSR count). The number of carbonyl (C=O) groups is 4. The number of halogens is 1. The molecule has 164 valence electrons. The lowest BCUT2D eigenvalue weighted by atomic mass is 9.81. The Balaban J connectivity index is 1.21. The Morgan fingerprint density at radius 3 is 2.22 bits per heavy atom. The number of nitrogens with zero attached hydrogens (tertiary/aromatic N) is 1. The van der Waals surface area contributed by atoms with Crippen LogP contribution < -0.4 is 10.2 Å². The Morgan fingerprint density at radius 1 is 0.969 bits per heavy atom. The standard InChI is InChI=1S/C24H21ClN2O5/c25-17-3-1-2-4-18(17)26-19(28)12-32-24(31)13-7-9-16(10-8-13)27-22(29)20-14-5-6-15(11-14)21(20)23(27)30/h1-4,7-10,14-15,20-21H,5-6,11-12H2,(H,26,28)/t14-,15-,20-,21-/m0/s1. The fourth-order valence-electron chi connectivity index (χ4n) is 5.37. The molecule has 7 nitrogen and oxygen atoms in total. The summed E-state index contributed by atoms with van der Waals surface area (Å²) in [4.78, 5) is 51.4. The fourth-order valence-corrected chi connectivity index (χ4v) is 5.56. The minimum Gasteiger partial charge on any atom is -0.452 e. The molecule has 8 heteroatoms. The van der Waals surface area contributed by atoms with E-state index in [1.54, 1.807) is 36.4 Å². The lowest BCUT2D eigenvalue weighted by Gasteiger charge is -2.19. The van der Waals surface area contributed by atoms with Gasteiger partial charge < -0.3 is 10.1 Å². The van der Waals surface area contributed by atoms with Gasteiger partial charge in [-0.25, -0.2) is 4.79 Å². The van der Waals surface area contributed by atoms with Gasteiger partial charge in [-0.15, -0.1) is 0 Å². The van der Waals surface area contributed by atoms with Crippen molar-refractivity contribution >= 4 is 46.7 Å². The van der Waals surface area contributed by atoms with Crippen LogP contribution >= 0.6 is 11.6 Å². The Hall–Kier alpha value is -3.19. The number of esters is 1. The Labute approximate surface area is 189 Å². The smallest absolute Gasteiger partial charge is 0.338 e. The first kappa shape index (κ1) is 20.7. The molecular formula is C24H21ClN2O5. The minimum atomic E-state index is -0.681. The third kappa shape index (κ3) is 3.46. The summed E-state index contributed by atoms with van der Waals surface area (Å²) >= 11 is 5.99. The van der Waals surface area contributed by atoms with Gasteiger partial charge in [0.2, 0.25) is 11.8 Å². The van der Waals surface area contributed by atoms with Crippen molar-refractivity contribution < 1.29 is 23.9 Å². The second kappa shape index (κ2) is 8.06. The number of rotatable bonds is 5. The largest absolute Gasteiger partial charge is 0.452 e. The van der Waals surface area contributed by atoms with Crippen LogP contribution in [0.15, 0.2) is 48.5 Å². The molecule has 0 unspecified atom stereocenters. The third-order valence-corrected chi connectivity index (χ3v) is 7.10. The van der Waals surface area contributed by atoms with Crippen LogP contribution in [-0.2, 0) is 19.1 Å². The highest BCUT2D eigenvalue weighted by atomic mass is 35.5. The molecular weight excluding hydrogens is 432 g/mol. The Kier molecular flexibility index (Phi) is 5.21. The number of anilines is 2. The van der Waals surface area contributed by atoms with E-state index in [2.05, 4.69) is 5.32 Å². The lowest BCUT2D eigenvalue weighted by molar-refractivity contribution is -0.123. The van der Waals surface area contributed by atoms with Crippen LogP contribution in [-0.4, -0.2) is 30.3 Å². The monoisotopic (exact) mass is 452 g/mol. The Morgan fingerprint density at radius 2 is 1.59 bits per heavy atom. The van der Waals surface area contributed by atoms with Crippen molar-refractivity contribution in [2.24, 2.45) is 23.7 Å². The number of amides is 3. The summed E-state index contributed by atoms with van der Waals surface area (Å²) in [6.45, 7) is -0.471. The summed E-state index contributed by atoms with van der Waals surface area (Å²) in [6.07, 6.45) is 3.02. The zero-order valence-corrected chi connectivity index (χ0v) is 17.9. The molecule has 32 heavy (non-hydrogen) atoms. The number of imide groups is 1. The van der Waals surface area contributed by atoms with Crippen LogP contribution in [0, 0.1) is 23.7 Å². The van der Waals surface area contributed by atoms with Gasteiger partial charge in [-0.2, -0.15) is 0 Å². The average molecular weight is 453 g/mol. The first-order valence-corrected chi connectivity index (χ1v) is 11.0. The third-order valence-electron chi connectivity index (χ3n) is 6.77. The van der Waals surface area contributed by atoms with Gasteiger partial charge in [-0.1, -0.05) is 23.7 Å². The van der Waals surface area contributed by atoms with Gasteiger partial charge in [0.25, 0.3) is 5.91 Å². The van der Waals surface area contributed by atoms with Crippen LogP contribution in [0.4, 0.5) is 11.4 Å². The van der Waals surface area contributed by atoms with E-state index in [1.165, 1.54) is 17.0 Å². The van der Waals surface area contributed by atoms with Gasteiger partial charge >= 0.3 is 5.97 Å². The van der Waals surface area contributed by atoms with E-state index in [0.29, 0.717) is 28.2 Å². The molecule has 2 aliphatic carbocycles. The topological polar surface area (TPSA) is 92.8 Å². The maximum Gasteiger partial charge on any atom is 0.338 e. The summed E-state index contributed by atoms with van der Waals surface area (Å²) in [5.74, 6) is -1.20. The van der Waals surface area contributed by atoms with Crippen molar-refractivity contribution in [3.05, 3.63) is 59.1 Å². The van der Waals surface area contributed by atoms with Crippen molar-refractivity contribution in [1.29, 1.82) is 0 Å². The van der Waals surface area contributed by atoms with Gasteiger partial charge in [0.1, 0.15) is 0 Å². The molecule has 0 spiro atoms. The first-order chi connectivity index (χ1) is 15.4. The van der Waals surface area contributed by atoms with Gasteiger partial charge in [0, 0.05) is 0 Å². The summed E-state index contributed by atoms with van der Waals surface area (Å²) in [5, 5.41) is 2.96. The maximum absolute atomic E-state index is 12.9. The molecule has 1 heterocycles. The predicted molar refractivity (Wildman–Crippen MR) is 117 cm³/mol. The van der Waals surface area contributed by atoms with E-state index in [-0.39, 0.29) is 29.2 Å². The average Bonchev–Trinajstić information content (AvgIpc) is 3.47. The molecule has 0 aromatic heterocycles. The van der Waals surface area contributed by atoms with E-state index in [1.807, 2.05) is 0 Å². The van der Waals surface area contributed by atoms with Crippen LogP contribution in [0.3, 0.4) is 0 Å². The fraction of sp³-hybridized carbons (Fsp3) is 0.333. The molecule has 3 aliphatic rings. The molecule has 0 radical (unpaired) electrons. The zero-order chi connectivity index (χ0) is 22.4. The summed E-state index contributed by atoms with van der Waals surface area (Å²) in [6, 6.07) is 12.9. The molecule has 4 atom stereocenters.